The number of azo groups is 1. The normalized spacial score (nSPS) is 11.3. The summed E-state index contributed by atoms with van der Waals surface area (Å²) < 4.78 is 33.6. The Labute approximate surface area is 155 Å². The van der Waals surface area contributed by atoms with Crippen LogP contribution in [-0.2, 0) is 0 Å². The first-order valence-electron chi connectivity index (χ1n) is 7.92. The van der Waals surface area contributed by atoms with Crippen LogP contribution < -0.4 is 4.74 Å². The van der Waals surface area contributed by atoms with Crippen molar-refractivity contribution in [2.24, 2.45) is 10.2 Å². The van der Waals surface area contributed by atoms with Crippen LogP contribution in [0.1, 0.15) is 31.7 Å². The third kappa shape index (κ3) is 5.13. The molecule has 0 heterocycles. The van der Waals surface area contributed by atoms with Crippen molar-refractivity contribution >= 4 is 34.6 Å². The second-order valence-electron chi connectivity index (χ2n) is 5.52. The Morgan fingerprint density at radius 2 is 1.64 bits per heavy atom. The van der Waals surface area contributed by atoms with E-state index in [0.717, 1.165) is 37.0 Å². The van der Waals surface area contributed by atoms with E-state index < -0.39 is 17.3 Å². The zero-order valence-corrected chi connectivity index (χ0v) is 15.5. The highest BCUT2D eigenvalue weighted by Gasteiger charge is 2.13. The lowest BCUT2D eigenvalue weighted by Gasteiger charge is -2.07. The standard InChI is InChI=1S/C18H18Cl2F2N2O/c1-3-4-5-8-25-12-9-14(21)18(15(22)10-12)24-23-17-13(19)7-6-11(2)16(17)20/h6-7,9-10H,3-5,8H2,1-2H3. The second kappa shape index (κ2) is 9.11. The number of rotatable bonds is 7. The van der Waals surface area contributed by atoms with Crippen molar-refractivity contribution in [3.63, 3.8) is 0 Å². The molecule has 25 heavy (non-hydrogen) atoms. The van der Waals surface area contributed by atoms with E-state index in [2.05, 4.69) is 17.2 Å². The minimum absolute atomic E-state index is 0.122. The first-order valence-corrected chi connectivity index (χ1v) is 8.67. The molecule has 0 atom stereocenters. The largest absolute Gasteiger partial charge is 0.493 e. The number of hydrogen-bond acceptors (Lipinski definition) is 3. The average molecular weight is 387 g/mol. The number of hydrogen-bond donors (Lipinski definition) is 0. The van der Waals surface area contributed by atoms with E-state index in [1.807, 2.05) is 0 Å². The highest BCUT2D eigenvalue weighted by Crippen LogP contribution is 2.37. The molecule has 0 amide bonds. The van der Waals surface area contributed by atoms with Gasteiger partial charge in [0.15, 0.2) is 17.3 Å². The topological polar surface area (TPSA) is 34.0 Å². The fraction of sp³-hybridized carbons (Fsp3) is 0.333. The number of ether oxygens (including phenoxy) is 1. The summed E-state index contributed by atoms with van der Waals surface area (Å²) in [6.07, 6.45) is 2.86. The maximum absolute atomic E-state index is 14.1. The summed E-state index contributed by atoms with van der Waals surface area (Å²) in [6.45, 7) is 4.23. The average Bonchev–Trinajstić information content (AvgIpc) is 2.57. The molecule has 0 spiro atoms. The van der Waals surface area contributed by atoms with Gasteiger partial charge in [0.2, 0.25) is 0 Å². The predicted molar refractivity (Wildman–Crippen MR) is 96.8 cm³/mol. The Hall–Kier alpha value is -1.72. The first-order chi connectivity index (χ1) is 11.9. The van der Waals surface area contributed by atoms with Gasteiger partial charge in [0.25, 0.3) is 0 Å². The summed E-state index contributed by atoms with van der Waals surface area (Å²) in [5.41, 5.74) is 0.383. The van der Waals surface area contributed by atoms with Crippen molar-refractivity contribution < 1.29 is 13.5 Å². The summed E-state index contributed by atoms with van der Waals surface area (Å²) in [5, 5.41) is 7.99. The molecule has 0 aliphatic carbocycles. The second-order valence-corrected chi connectivity index (χ2v) is 6.30. The molecule has 7 heteroatoms. The van der Waals surface area contributed by atoms with Gasteiger partial charge in [-0.2, -0.15) is 0 Å². The van der Waals surface area contributed by atoms with Crippen LogP contribution in [0.4, 0.5) is 20.2 Å². The molecule has 0 N–H and O–H groups in total. The quantitative estimate of drug-likeness (QED) is 0.356. The van der Waals surface area contributed by atoms with Crippen molar-refractivity contribution in [1.82, 2.24) is 0 Å². The summed E-state index contributed by atoms with van der Waals surface area (Å²) in [4.78, 5) is 0. The third-order valence-electron chi connectivity index (χ3n) is 3.52. The summed E-state index contributed by atoms with van der Waals surface area (Å²) in [6, 6.07) is 5.48. The Kier molecular flexibility index (Phi) is 7.14. The molecular formula is C18H18Cl2F2N2O. The molecule has 0 aliphatic rings. The fourth-order valence-corrected chi connectivity index (χ4v) is 2.54. The van der Waals surface area contributed by atoms with Crippen molar-refractivity contribution in [3.8, 4) is 5.75 Å². The summed E-state index contributed by atoms with van der Waals surface area (Å²) in [5.74, 6) is -1.61. The minimum Gasteiger partial charge on any atom is -0.493 e. The lowest BCUT2D eigenvalue weighted by atomic mass is 10.2. The lowest BCUT2D eigenvalue weighted by Crippen LogP contribution is -1.98. The lowest BCUT2D eigenvalue weighted by molar-refractivity contribution is 0.303. The highest BCUT2D eigenvalue weighted by molar-refractivity contribution is 6.39. The van der Waals surface area contributed by atoms with Gasteiger partial charge in [-0.25, -0.2) is 8.78 Å². The monoisotopic (exact) mass is 386 g/mol. The predicted octanol–water partition coefficient (Wildman–Crippen LogP) is 7.56. The van der Waals surface area contributed by atoms with E-state index in [4.69, 9.17) is 27.9 Å². The van der Waals surface area contributed by atoms with Crippen LogP contribution in [0.25, 0.3) is 0 Å². The molecule has 2 aromatic rings. The van der Waals surface area contributed by atoms with Gasteiger partial charge in [-0.3, -0.25) is 0 Å². The zero-order chi connectivity index (χ0) is 18.4. The molecule has 0 aromatic heterocycles. The van der Waals surface area contributed by atoms with Gasteiger partial charge in [-0.1, -0.05) is 49.0 Å². The van der Waals surface area contributed by atoms with E-state index in [0.29, 0.717) is 6.61 Å². The van der Waals surface area contributed by atoms with E-state index in [-0.39, 0.29) is 21.5 Å². The van der Waals surface area contributed by atoms with Crippen LogP contribution in [0.3, 0.4) is 0 Å². The number of nitrogens with zero attached hydrogens (tertiary/aromatic N) is 2. The van der Waals surface area contributed by atoms with Crippen LogP contribution in [0, 0.1) is 18.6 Å². The molecule has 2 aromatic carbocycles. The number of aryl methyl sites for hydroxylation is 1. The van der Waals surface area contributed by atoms with Crippen molar-refractivity contribution in [2.45, 2.75) is 33.1 Å². The van der Waals surface area contributed by atoms with Gasteiger partial charge < -0.3 is 4.74 Å². The van der Waals surface area contributed by atoms with Crippen LogP contribution in [0.15, 0.2) is 34.5 Å². The molecule has 0 fully saturated rings. The number of benzene rings is 2. The Morgan fingerprint density at radius 3 is 2.28 bits per heavy atom. The van der Waals surface area contributed by atoms with Gasteiger partial charge in [0.05, 0.1) is 16.7 Å². The Bertz CT molecular complexity index is 759. The molecule has 0 saturated heterocycles. The van der Waals surface area contributed by atoms with Crippen molar-refractivity contribution in [3.05, 3.63) is 51.5 Å². The Balaban J connectivity index is 2.22. The maximum Gasteiger partial charge on any atom is 0.157 e. The highest BCUT2D eigenvalue weighted by atomic mass is 35.5. The van der Waals surface area contributed by atoms with Gasteiger partial charge >= 0.3 is 0 Å². The molecule has 134 valence electrons. The molecule has 0 saturated carbocycles. The van der Waals surface area contributed by atoms with Crippen molar-refractivity contribution in [1.29, 1.82) is 0 Å². The molecule has 0 radical (unpaired) electrons. The van der Waals surface area contributed by atoms with E-state index in [9.17, 15) is 8.78 Å². The van der Waals surface area contributed by atoms with E-state index >= 15 is 0 Å². The van der Waals surface area contributed by atoms with Crippen molar-refractivity contribution in [2.75, 3.05) is 6.61 Å². The van der Waals surface area contributed by atoms with Gasteiger partial charge in [0.1, 0.15) is 11.4 Å². The zero-order valence-electron chi connectivity index (χ0n) is 14.0. The van der Waals surface area contributed by atoms with Gasteiger partial charge in [-0.15, -0.1) is 10.2 Å². The molecule has 0 bridgehead atoms. The van der Waals surface area contributed by atoms with Crippen LogP contribution >= 0.6 is 23.2 Å². The molecule has 0 unspecified atom stereocenters. The maximum atomic E-state index is 14.1. The third-order valence-corrected chi connectivity index (χ3v) is 4.30. The smallest absolute Gasteiger partial charge is 0.157 e. The van der Waals surface area contributed by atoms with Gasteiger partial charge in [-0.05, 0) is 25.0 Å². The van der Waals surface area contributed by atoms with Gasteiger partial charge in [0, 0.05) is 12.1 Å². The van der Waals surface area contributed by atoms with Crippen LogP contribution in [-0.4, -0.2) is 6.61 Å². The SMILES string of the molecule is CCCCCOc1cc(F)c(N=Nc2c(Cl)ccc(C)c2Cl)c(F)c1. The van der Waals surface area contributed by atoms with Crippen LogP contribution in [0.5, 0.6) is 5.75 Å². The van der Waals surface area contributed by atoms with E-state index in [1.54, 1.807) is 19.1 Å². The molecule has 2 rings (SSSR count). The minimum atomic E-state index is -0.867. The van der Waals surface area contributed by atoms with Crippen LogP contribution in [0.2, 0.25) is 10.0 Å². The summed E-state index contributed by atoms with van der Waals surface area (Å²) in [7, 11) is 0. The fourth-order valence-electron chi connectivity index (χ4n) is 2.10. The number of halogens is 4. The number of unbranched alkanes of at least 4 members (excludes halogenated alkanes) is 2. The summed E-state index contributed by atoms with van der Waals surface area (Å²) >= 11 is 12.1. The molecule has 3 nitrogen and oxygen atoms in total. The van der Waals surface area contributed by atoms with E-state index in [1.165, 1.54) is 0 Å². The molecular weight excluding hydrogens is 369 g/mol. The molecule has 0 aliphatic heterocycles. The Morgan fingerprint density at radius 1 is 1.00 bits per heavy atom. The first kappa shape index (κ1) is 19.6.